The number of hydrogen-bond acceptors (Lipinski definition) is 4. The zero-order valence-electron chi connectivity index (χ0n) is 9.03. The van der Waals surface area contributed by atoms with E-state index in [1.807, 2.05) is 6.92 Å². The summed E-state index contributed by atoms with van der Waals surface area (Å²) < 4.78 is 10.1. The minimum Gasteiger partial charge on any atom is -0.422 e. The molecule has 0 aliphatic heterocycles. The fraction of sp³-hybridized carbons (Fsp3) is 0.167. The first-order valence-electron chi connectivity index (χ1n) is 4.92. The molecule has 0 aliphatic rings. The van der Waals surface area contributed by atoms with E-state index in [-0.39, 0.29) is 11.1 Å². The lowest BCUT2D eigenvalue weighted by Gasteiger charge is -2.06. The van der Waals surface area contributed by atoms with Gasteiger partial charge in [0.25, 0.3) is 0 Å². The van der Waals surface area contributed by atoms with E-state index in [0.717, 1.165) is 10.9 Å². The van der Waals surface area contributed by atoms with E-state index < -0.39 is 11.6 Å². The number of ether oxygens (including phenoxy) is 1. The molecular formula is C12H9BrO4. The van der Waals surface area contributed by atoms with Crippen molar-refractivity contribution in [2.45, 2.75) is 6.92 Å². The molecule has 88 valence electrons. The molecule has 0 aliphatic carbocycles. The monoisotopic (exact) mass is 296 g/mol. The summed E-state index contributed by atoms with van der Waals surface area (Å²) in [5, 5.41) is 0.837. The Morgan fingerprint density at radius 2 is 2.12 bits per heavy atom. The van der Waals surface area contributed by atoms with Crippen LogP contribution >= 0.6 is 15.9 Å². The molecule has 0 spiro atoms. The third kappa shape index (κ3) is 2.39. The Hall–Kier alpha value is -1.62. The minimum absolute atomic E-state index is 0.0828. The number of carbonyl (C=O) groups is 1. The molecule has 0 fully saturated rings. The third-order valence-electron chi connectivity index (χ3n) is 2.30. The van der Waals surface area contributed by atoms with Crippen LogP contribution in [-0.4, -0.2) is 11.3 Å². The fourth-order valence-electron chi connectivity index (χ4n) is 1.51. The van der Waals surface area contributed by atoms with E-state index in [0.29, 0.717) is 5.58 Å². The zero-order valence-corrected chi connectivity index (χ0v) is 10.6. The molecule has 1 heterocycles. The summed E-state index contributed by atoms with van der Waals surface area (Å²) in [6, 6.07) is 6.41. The Labute approximate surface area is 105 Å². The van der Waals surface area contributed by atoms with Gasteiger partial charge in [-0.3, -0.25) is 4.79 Å². The molecule has 0 radical (unpaired) electrons. The van der Waals surface area contributed by atoms with Crippen molar-refractivity contribution in [3.05, 3.63) is 40.2 Å². The Morgan fingerprint density at radius 3 is 2.82 bits per heavy atom. The summed E-state index contributed by atoms with van der Waals surface area (Å²) in [5.74, 6) is -0.186. The van der Waals surface area contributed by atoms with Crippen molar-refractivity contribution in [2.75, 3.05) is 5.33 Å². The van der Waals surface area contributed by atoms with Crippen LogP contribution in [0, 0.1) is 6.92 Å². The molecule has 0 atom stereocenters. The molecular weight excluding hydrogens is 288 g/mol. The summed E-state index contributed by atoms with van der Waals surface area (Å²) in [7, 11) is 0. The smallest absolute Gasteiger partial charge is 0.336 e. The van der Waals surface area contributed by atoms with Gasteiger partial charge in [0.05, 0.1) is 0 Å². The van der Waals surface area contributed by atoms with Gasteiger partial charge in [0.2, 0.25) is 0 Å². The van der Waals surface area contributed by atoms with E-state index in [1.165, 1.54) is 6.07 Å². The van der Waals surface area contributed by atoms with E-state index in [9.17, 15) is 9.59 Å². The molecule has 2 rings (SSSR count). The summed E-state index contributed by atoms with van der Waals surface area (Å²) in [6.45, 7) is 1.89. The Bertz CT molecular complexity index is 630. The van der Waals surface area contributed by atoms with Crippen LogP contribution in [0.4, 0.5) is 0 Å². The van der Waals surface area contributed by atoms with E-state index in [2.05, 4.69) is 15.9 Å². The summed E-state index contributed by atoms with van der Waals surface area (Å²) in [5.41, 5.74) is 0.772. The third-order valence-corrected chi connectivity index (χ3v) is 2.76. The summed E-state index contributed by atoms with van der Waals surface area (Å²) in [4.78, 5) is 22.4. The van der Waals surface area contributed by atoms with Crippen LogP contribution in [0.15, 0.2) is 33.5 Å². The Kier molecular flexibility index (Phi) is 3.28. The molecule has 1 aromatic carbocycles. The maximum atomic E-state index is 11.2. The number of halogens is 1. The molecule has 2 aromatic rings. The van der Waals surface area contributed by atoms with Gasteiger partial charge in [-0.05, 0) is 24.6 Å². The van der Waals surface area contributed by atoms with Crippen LogP contribution in [0.2, 0.25) is 0 Å². The fourth-order valence-corrected chi connectivity index (χ4v) is 1.62. The number of aryl methyl sites for hydroxylation is 1. The molecule has 0 saturated heterocycles. The van der Waals surface area contributed by atoms with E-state index in [1.54, 1.807) is 18.2 Å². The normalized spacial score (nSPS) is 10.5. The van der Waals surface area contributed by atoms with Crippen molar-refractivity contribution in [3.8, 4) is 5.75 Å². The standard InChI is InChI=1S/C12H9BrO4/c1-7-2-4-9(16-11(15)6-13)12-8(7)3-5-10(14)17-12/h2-5H,6H2,1H3. The van der Waals surface area contributed by atoms with Crippen molar-refractivity contribution in [3.63, 3.8) is 0 Å². The van der Waals surface area contributed by atoms with Gasteiger partial charge in [0, 0.05) is 11.5 Å². The largest absolute Gasteiger partial charge is 0.422 e. The number of esters is 1. The van der Waals surface area contributed by atoms with E-state index >= 15 is 0 Å². The second-order valence-electron chi connectivity index (χ2n) is 3.49. The molecule has 0 N–H and O–H groups in total. The van der Waals surface area contributed by atoms with Crippen LogP contribution in [-0.2, 0) is 4.79 Å². The molecule has 0 bridgehead atoms. The lowest BCUT2D eigenvalue weighted by Crippen LogP contribution is -2.09. The highest BCUT2D eigenvalue weighted by Gasteiger charge is 2.11. The highest BCUT2D eigenvalue weighted by atomic mass is 79.9. The van der Waals surface area contributed by atoms with Gasteiger partial charge in [-0.15, -0.1) is 0 Å². The quantitative estimate of drug-likeness (QED) is 0.370. The minimum atomic E-state index is -0.473. The number of fused-ring (bicyclic) bond motifs is 1. The first-order chi connectivity index (χ1) is 8.11. The Balaban J connectivity index is 2.63. The van der Waals surface area contributed by atoms with Crippen molar-refractivity contribution in [1.29, 1.82) is 0 Å². The maximum absolute atomic E-state index is 11.2. The summed E-state index contributed by atoms with van der Waals surface area (Å²) in [6.07, 6.45) is 0. The second kappa shape index (κ2) is 4.71. The van der Waals surface area contributed by atoms with Gasteiger partial charge < -0.3 is 9.15 Å². The molecule has 4 nitrogen and oxygen atoms in total. The first-order valence-corrected chi connectivity index (χ1v) is 6.04. The van der Waals surface area contributed by atoms with E-state index in [4.69, 9.17) is 9.15 Å². The van der Waals surface area contributed by atoms with Gasteiger partial charge in [0.15, 0.2) is 11.3 Å². The topological polar surface area (TPSA) is 56.5 Å². The SMILES string of the molecule is Cc1ccc(OC(=O)CBr)c2oc(=O)ccc12. The van der Waals surface area contributed by atoms with Crippen molar-refractivity contribution >= 4 is 32.9 Å². The number of rotatable bonds is 2. The predicted octanol–water partition coefficient (Wildman–Crippen LogP) is 2.40. The number of carbonyl (C=O) groups excluding carboxylic acids is 1. The molecule has 5 heteroatoms. The van der Waals surface area contributed by atoms with Crippen LogP contribution in [0.25, 0.3) is 11.0 Å². The van der Waals surface area contributed by atoms with Gasteiger partial charge in [0.1, 0.15) is 5.33 Å². The lowest BCUT2D eigenvalue weighted by molar-refractivity contribution is -0.131. The highest BCUT2D eigenvalue weighted by Crippen LogP contribution is 2.27. The lowest BCUT2D eigenvalue weighted by atomic mass is 10.1. The van der Waals surface area contributed by atoms with Gasteiger partial charge in [-0.1, -0.05) is 22.0 Å². The number of alkyl halides is 1. The van der Waals surface area contributed by atoms with Crippen molar-refractivity contribution in [2.24, 2.45) is 0 Å². The average molecular weight is 297 g/mol. The number of hydrogen-bond donors (Lipinski definition) is 0. The van der Waals surface area contributed by atoms with Crippen LogP contribution in [0.3, 0.4) is 0 Å². The first kappa shape index (κ1) is 11.9. The van der Waals surface area contributed by atoms with Crippen LogP contribution in [0.1, 0.15) is 5.56 Å². The molecule has 0 unspecified atom stereocenters. The highest BCUT2D eigenvalue weighted by molar-refractivity contribution is 9.09. The zero-order chi connectivity index (χ0) is 12.4. The predicted molar refractivity (Wildman–Crippen MR) is 66.7 cm³/mol. The molecule has 17 heavy (non-hydrogen) atoms. The molecule has 1 aromatic heterocycles. The molecule has 0 amide bonds. The second-order valence-corrected chi connectivity index (χ2v) is 4.05. The Morgan fingerprint density at radius 1 is 1.35 bits per heavy atom. The molecule has 0 saturated carbocycles. The van der Waals surface area contributed by atoms with Crippen LogP contribution < -0.4 is 10.4 Å². The summed E-state index contributed by atoms with van der Waals surface area (Å²) >= 11 is 3.00. The van der Waals surface area contributed by atoms with Crippen molar-refractivity contribution < 1.29 is 13.9 Å². The van der Waals surface area contributed by atoms with Crippen LogP contribution in [0.5, 0.6) is 5.75 Å². The number of benzene rings is 1. The average Bonchev–Trinajstić information content (AvgIpc) is 2.32. The maximum Gasteiger partial charge on any atom is 0.336 e. The van der Waals surface area contributed by atoms with Gasteiger partial charge in [-0.25, -0.2) is 4.79 Å². The van der Waals surface area contributed by atoms with Gasteiger partial charge >= 0.3 is 11.6 Å². The van der Waals surface area contributed by atoms with Gasteiger partial charge in [-0.2, -0.15) is 0 Å². The van der Waals surface area contributed by atoms with Crippen molar-refractivity contribution in [1.82, 2.24) is 0 Å².